The number of rotatable bonds is 2. The molecule has 1 atom stereocenters. The van der Waals surface area contributed by atoms with E-state index in [1.54, 1.807) is 16.6 Å². The smallest absolute Gasteiger partial charge is 0.275 e. The third kappa shape index (κ3) is 2.57. The molecule has 0 saturated carbocycles. The fraction of sp³-hybridized carbons (Fsp3) is 0.500. The van der Waals surface area contributed by atoms with Crippen LogP contribution in [0.4, 0.5) is 0 Å². The van der Waals surface area contributed by atoms with Crippen LogP contribution < -0.4 is 5.32 Å². The van der Waals surface area contributed by atoms with Crippen molar-refractivity contribution in [2.75, 3.05) is 40.3 Å². The van der Waals surface area contributed by atoms with Crippen molar-refractivity contribution in [3.05, 3.63) is 30.0 Å². The van der Waals surface area contributed by atoms with Crippen molar-refractivity contribution < 1.29 is 14.3 Å². The number of carbonyl (C=O) groups excluding carboxylic acids is 2. The molecule has 138 valence electrons. The van der Waals surface area contributed by atoms with E-state index in [0.29, 0.717) is 31.9 Å². The predicted octanol–water partition coefficient (Wildman–Crippen LogP) is -0.155. The molecule has 0 unspecified atom stereocenters. The number of likely N-dealkylation sites (tertiary alicyclic amines) is 1. The number of aryl methyl sites for hydroxylation is 1. The quantitative estimate of drug-likeness (QED) is 0.808. The summed E-state index contributed by atoms with van der Waals surface area (Å²) in [6.45, 7) is 1.99. The highest BCUT2D eigenvalue weighted by Crippen LogP contribution is 2.32. The lowest BCUT2D eigenvalue weighted by atomic mass is 9.90. The van der Waals surface area contributed by atoms with E-state index in [1.165, 1.54) is 0 Å². The second kappa shape index (κ2) is 6.07. The van der Waals surface area contributed by atoms with Gasteiger partial charge in [0.15, 0.2) is 5.69 Å². The van der Waals surface area contributed by atoms with Gasteiger partial charge in [0.1, 0.15) is 11.6 Å². The molecule has 8 nitrogen and oxygen atoms in total. The number of fused-ring (bicyclic) bond motifs is 1. The zero-order valence-corrected chi connectivity index (χ0v) is 15.2. The van der Waals surface area contributed by atoms with Crippen molar-refractivity contribution in [3.63, 3.8) is 0 Å². The minimum absolute atomic E-state index is 0.0467. The van der Waals surface area contributed by atoms with Gasteiger partial charge < -0.3 is 15.0 Å². The molecule has 8 heteroatoms. The SMILES string of the molecule is CNC(=O)[C@H]1COC2(CN(C(=O)c3nn(C)c4ccccc34)C2)CN1C. The molecule has 1 N–H and O–H groups in total. The maximum absolute atomic E-state index is 12.9. The molecule has 0 bridgehead atoms. The molecule has 1 spiro atoms. The third-order valence-corrected chi connectivity index (χ3v) is 5.37. The first-order chi connectivity index (χ1) is 12.4. The zero-order chi connectivity index (χ0) is 18.5. The largest absolute Gasteiger partial charge is 0.368 e. The van der Waals surface area contributed by atoms with Gasteiger partial charge in [0.25, 0.3) is 5.91 Å². The summed E-state index contributed by atoms with van der Waals surface area (Å²) in [7, 11) is 5.39. The van der Waals surface area contributed by atoms with Crippen LogP contribution in [0.2, 0.25) is 0 Å². The summed E-state index contributed by atoms with van der Waals surface area (Å²) in [6, 6.07) is 7.44. The van der Waals surface area contributed by atoms with Gasteiger partial charge in [-0.3, -0.25) is 19.2 Å². The van der Waals surface area contributed by atoms with Gasteiger partial charge in [0, 0.05) is 26.0 Å². The fourth-order valence-corrected chi connectivity index (χ4v) is 3.94. The second-order valence-corrected chi connectivity index (χ2v) is 7.19. The summed E-state index contributed by atoms with van der Waals surface area (Å²) in [5.74, 6) is -0.123. The number of benzene rings is 1. The first kappa shape index (κ1) is 17.0. The molecule has 2 aromatic rings. The van der Waals surface area contributed by atoms with E-state index in [2.05, 4.69) is 10.4 Å². The first-order valence-corrected chi connectivity index (χ1v) is 8.71. The Morgan fingerprint density at radius 1 is 1.23 bits per heavy atom. The Morgan fingerprint density at radius 3 is 2.65 bits per heavy atom. The van der Waals surface area contributed by atoms with Gasteiger partial charge in [0.2, 0.25) is 5.91 Å². The fourth-order valence-electron chi connectivity index (χ4n) is 3.94. The van der Waals surface area contributed by atoms with Crippen LogP contribution in [-0.2, 0) is 16.6 Å². The molecule has 2 fully saturated rings. The van der Waals surface area contributed by atoms with Crippen molar-refractivity contribution in [1.29, 1.82) is 0 Å². The number of ether oxygens (including phenoxy) is 1. The minimum Gasteiger partial charge on any atom is -0.368 e. The van der Waals surface area contributed by atoms with Gasteiger partial charge in [-0.1, -0.05) is 18.2 Å². The number of likely N-dealkylation sites (N-methyl/N-ethyl adjacent to an activating group) is 2. The molecule has 1 aromatic heterocycles. The van der Waals surface area contributed by atoms with Gasteiger partial charge in [-0.15, -0.1) is 0 Å². The normalized spacial score (nSPS) is 22.4. The van der Waals surface area contributed by atoms with Crippen molar-refractivity contribution >= 4 is 22.7 Å². The van der Waals surface area contributed by atoms with Crippen LogP contribution >= 0.6 is 0 Å². The lowest BCUT2D eigenvalue weighted by molar-refractivity contribution is -0.187. The van der Waals surface area contributed by atoms with Gasteiger partial charge in [-0.25, -0.2) is 0 Å². The monoisotopic (exact) mass is 357 g/mol. The van der Waals surface area contributed by atoms with Gasteiger partial charge in [-0.2, -0.15) is 5.10 Å². The molecule has 0 aliphatic carbocycles. The van der Waals surface area contributed by atoms with Crippen LogP contribution in [0.1, 0.15) is 10.5 Å². The molecule has 1 aromatic carbocycles. The summed E-state index contributed by atoms with van der Waals surface area (Å²) in [5, 5.41) is 7.93. The van der Waals surface area contributed by atoms with E-state index in [1.807, 2.05) is 43.3 Å². The molecule has 3 heterocycles. The van der Waals surface area contributed by atoms with E-state index in [9.17, 15) is 9.59 Å². The van der Waals surface area contributed by atoms with E-state index in [-0.39, 0.29) is 23.5 Å². The second-order valence-electron chi connectivity index (χ2n) is 7.19. The number of carbonyl (C=O) groups is 2. The average molecular weight is 357 g/mol. The lowest BCUT2D eigenvalue weighted by Gasteiger charge is -2.54. The maximum atomic E-state index is 12.9. The summed E-state index contributed by atoms with van der Waals surface area (Å²) in [5.41, 5.74) is 1.03. The highest BCUT2D eigenvalue weighted by atomic mass is 16.5. The molecular weight excluding hydrogens is 334 g/mol. The Hall–Kier alpha value is -2.45. The molecule has 2 amide bonds. The predicted molar refractivity (Wildman–Crippen MR) is 95.8 cm³/mol. The molecular formula is C18H23N5O3. The molecule has 0 radical (unpaired) electrons. The third-order valence-electron chi connectivity index (χ3n) is 5.37. The summed E-state index contributed by atoms with van der Waals surface area (Å²) in [6.07, 6.45) is 0. The Morgan fingerprint density at radius 2 is 1.96 bits per heavy atom. The number of para-hydroxylation sites is 1. The molecule has 26 heavy (non-hydrogen) atoms. The Labute approximate surface area is 151 Å². The van der Waals surface area contributed by atoms with Crippen LogP contribution in [0, 0.1) is 0 Å². The number of morpholine rings is 1. The Kier molecular flexibility index (Phi) is 3.96. The molecule has 2 saturated heterocycles. The summed E-state index contributed by atoms with van der Waals surface area (Å²) < 4.78 is 7.73. The summed E-state index contributed by atoms with van der Waals surface area (Å²) >= 11 is 0. The van der Waals surface area contributed by atoms with Gasteiger partial charge in [0.05, 0.1) is 25.2 Å². The Bertz CT molecular complexity index is 871. The van der Waals surface area contributed by atoms with Crippen LogP contribution in [-0.4, -0.2) is 83.4 Å². The van der Waals surface area contributed by atoms with Gasteiger partial charge in [-0.05, 0) is 13.1 Å². The molecule has 2 aliphatic heterocycles. The average Bonchev–Trinajstić information content (AvgIpc) is 2.95. The Balaban J connectivity index is 1.46. The van der Waals surface area contributed by atoms with Crippen molar-refractivity contribution in [3.8, 4) is 0 Å². The highest BCUT2D eigenvalue weighted by molar-refractivity contribution is 6.05. The minimum atomic E-state index is -0.389. The number of hydrogen-bond acceptors (Lipinski definition) is 5. The lowest BCUT2D eigenvalue weighted by Crippen LogP contribution is -2.73. The van der Waals surface area contributed by atoms with E-state index in [4.69, 9.17) is 4.74 Å². The maximum Gasteiger partial charge on any atom is 0.275 e. The topological polar surface area (TPSA) is 79.7 Å². The number of nitrogens with one attached hydrogen (secondary N) is 1. The highest BCUT2D eigenvalue weighted by Gasteiger charge is 2.51. The van der Waals surface area contributed by atoms with Crippen molar-refractivity contribution in [2.45, 2.75) is 11.6 Å². The number of nitrogens with zero attached hydrogens (tertiary/aromatic N) is 4. The van der Waals surface area contributed by atoms with Crippen molar-refractivity contribution in [2.24, 2.45) is 7.05 Å². The zero-order valence-electron chi connectivity index (χ0n) is 15.2. The van der Waals surface area contributed by atoms with Gasteiger partial charge >= 0.3 is 0 Å². The molecule has 2 aliphatic rings. The van der Waals surface area contributed by atoms with E-state index in [0.717, 1.165) is 10.9 Å². The van der Waals surface area contributed by atoms with Crippen LogP contribution in [0.3, 0.4) is 0 Å². The standard InChI is InChI=1S/C18H23N5O3/c1-19-16(24)14-8-26-18(9-21(14)2)10-23(11-18)17(25)15-12-6-4-5-7-13(12)22(3)20-15/h4-7,14H,8-11H2,1-3H3,(H,19,24)/t14-/m1/s1. The molecule has 4 rings (SSSR count). The van der Waals surface area contributed by atoms with E-state index >= 15 is 0 Å². The van der Waals surface area contributed by atoms with E-state index < -0.39 is 0 Å². The first-order valence-electron chi connectivity index (χ1n) is 8.71. The van der Waals surface area contributed by atoms with Crippen molar-refractivity contribution in [1.82, 2.24) is 24.9 Å². The number of aromatic nitrogens is 2. The number of hydrogen-bond donors (Lipinski definition) is 1. The summed E-state index contributed by atoms with van der Waals surface area (Å²) in [4.78, 5) is 28.5. The van der Waals surface area contributed by atoms with Crippen LogP contribution in [0.15, 0.2) is 24.3 Å². The van der Waals surface area contributed by atoms with Crippen LogP contribution in [0.25, 0.3) is 10.9 Å². The number of amides is 2. The van der Waals surface area contributed by atoms with Crippen LogP contribution in [0.5, 0.6) is 0 Å².